The second-order valence-corrected chi connectivity index (χ2v) is 8.39. The maximum atomic E-state index is 6.32. The Hall–Kier alpha value is -0.820. The highest BCUT2D eigenvalue weighted by atomic mass is 16.5. The Morgan fingerprint density at radius 2 is 1.46 bits per heavy atom. The van der Waals surface area contributed by atoms with Gasteiger partial charge in [-0.05, 0) is 68.8 Å². The fourth-order valence-corrected chi connectivity index (χ4v) is 4.77. The number of hydrogen-bond acceptors (Lipinski definition) is 1. The molecule has 24 heavy (non-hydrogen) atoms. The van der Waals surface area contributed by atoms with Crippen LogP contribution in [0.5, 0.6) is 0 Å². The van der Waals surface area contributed by atoms with Crippen molar-refractivity contribution in [2.75, 3.05) is 6.61 Å². The third-order valence-electron chi connectivity index (χ3n) is 6.45. The van der Waals surface area contributed by atoms with Gasteiger partial charge in [0.05, 0.1) is 6.10 Å². The van der Waals surface area contributed by atoms with Crippen LogP contribution in [0.15, 0.2) is 24.3 Å². The van der Waals surface area contributed by atoms with Crippen LogP contribution in [-0.2, 0) is 4.74 Å². The van der Waals surface area contributed by atoms with Gasteiger partial charge >= 0.3 is 0 Å². The molecule has 1 aromatic rings. The summed E-state index contributed by atoms with van der Waals surface area (Å²) in [5, 5.41) is 0. The minimum Gasteiger partial charge on any atom is -0.378 e. The van der Waals surface area contributed by atoms with Crippen molar-refractivity contribution in [1.82, 2.24) is 0 Å². The molecular formula is C23H36O. The molecule has 0 bridgehead atoms. The Labute approximate surface area is 149 Å². The lowest BCUT2D eigenvalue weighted by molar-refractivity contribution is -0.00479. The summed E-state index contributed by atoms with van der Waals surface area (Å²) < 4.78 is 6.32. The minimum atomic E-state index is 0.528. The van der Waals surface area contributed by atoms with E-state index in [2.05, 4.69) is 38.1 Å². The highest BCUT2D eigenvalue weighted by molar-refractivity contribution is 5.24. The summed E-state index contributed by atoms with van der Waals surface area (Å²) in [6.45, 7) is 5.52. The van der Waals surface area contributed by atoms with Crippen LogP contribution in [0.2, 0.25) is 0 Å². The summed E-state index contributed by atoms with van der Waals surface area (Å²) in [5.41, 5.74) is 2.90. The van der Waals surface area contributed by atoms with Gasteiger partial charge < -0.3 is 4.74 Å². The number of ether oxygens (including phenoxy) is 1. The van der Waals surface area contributed by atoms with Gasteiger partial charge in [0, 0.05) is 6.61 Å². The molecule has 1 aromatic carbocycles. The summed E-state index contributed by atoms with van der Waals surface area (Å²) in [4.78, 5) is 0. The fraction of sp³-hybridized carbons (Fsp3) is 0.739. The highest BCUT2D eigenvalue weighted by Crippen LogP contribution is 2.36. The zero-order valence-electron chi connectivity index (χ0n) is 15.8. The van der Waals surface area contributed by atoms with Crippen LogP contribution >= 0.6 is 0 Å². The van der Waals surface area contributed by atoms with E-state index in [-0.39, 0.29) is 0 Å². The Kier molecular flexibility index (Phi) is 6.77. The largest absolute Gasteiger partial charge is 0.378 e. The molecule has 0 amide bonds. The van der Waals surface area contributed by atoms with Gasteiger partial charge in [0.25, 0.3) is 0 Å². The smallest absolute Gasteiger partial charge is 0.0575 e. The van der Waals surface area contributed by atoms with E-state index in [4.69, 9.17) is 4.74 Å². The van der Waals surface area contributed by atoms with Crippen molar-refractivity contribution in [3.63, 3.8) is 0 Å². The maximum Gasteiger partial charge on any atom is 0.0575 e. The molecule has 1 nitrogen and oxygen atoms in total. The van der Waals surface area contributed by atoms with E-state index in [1.165, 1.54) is 75.3 Å². The molecule has 134 valence electrons. The van der Waals surface area contributed by atoms with E-state index >= 15 is 0 Å². The molecule has 0 saturated heterocycles. The predicted octanol–water partition coefficient (Wildman–Crippen LogP) is 6.64. The van der Waals surface area contributed by atoms with E-state index in [1.807, 2.05) is 0 Å². The first-order valence-corrected chi connectivity index (χ1v) is 10.4. The van der Waals surface area contributed by atoms with E-state index in [1.54, 1.807) is 0 Å². The van der Waals surface area contributed by atoms with Gasteiger partial charge in [0.1, 0.15) is 0 Å². The molecule has 0 radical (unpaired) electrons. The van der Waals surface area contributed by atoms with Crippen LogP contribution in [0.4, 0.5) is 0 Å². The van der Waals surface area contributed by atoms with Crippen molar-refractivity contribution in [2.45, 2.75) is 90.1 Å². The predicted molar refractivity (Wildman–Crippen MR) is 102 cm³/mol. The summed E-state index contributed by atoms with van der Waals surface area (Å²) in [6, 6.07) is 9.17. The van der Waals surface area contributed by atoms with Crippen LogP contribution in [0.3, 0.4) is 0 Å². The van der Waals surface area contributed by atoms with E-state index in [0.29, 0.717) is 6.10 Å². The monoisotopic (exact) mass is 328 g/mol. The van der Waals surface area contributed by atoms with Gasteiger partial charge in [0.2, 0.25) is 0 Å². The van der Waals surface area contributed by atoms with Gasteiger partial charge in [-0.3, -0.25) is 0 Å². The maximum absolute atomic E-state index is 6.32. The average molecular weight is 329 g/mol. The van der Waals surface area contributed by atoms with Crippen LogP contribution in [0.1, 0.15) is 88.2 Å². The molecule has 0 spiro atoms. The SMILES string of the molecule is CCCC1CCC(COC2CCC(c3ccc(C)cc3)CC2)CC1. The molecule has 3 rings (SSSR count). The Bertz CT molecular complexity index is 461. The highest BCUT2D eigenvalue weighted by Gasteiger charge is 2.25. The molecule has 0 unspecified atom stereocenters. The van der Waals surface area contributed by atoms with Crippen molar-refractivity contribution in [3.05, 3.63) is 35.4 Å². The summed E-state index contributed by atoms with van der Waals surface area (Å²) in [7, 11) is 0. The molecule has 0 atom stereocenters. The lowest BCUT2D eigenvalue weighted by atomic mass is 9.80. The van der Waals surface area contributed by atoms with Gasteiger partial charge in [0.15, 0.2) is 0 Å². The number of aryl methyl sites for hydroxylation is 1. The van der Waals surface area contributed by atoms with E-state index < -0.39 is 0 Å². The molecule has 1 heteroatoms. The van der Waals surface area contributed by atoms with Gasteiger partial charge in [-0.25, -0.2) is 0 Å². The van der Waals surface area contributed by atoms with Crippen LogP contribution in [0, 0.1) is 18.8 Å². The normalized spacial score (nSPS) is 31.1. The van der Waals surface area contributed by atoms with Crippen LogP contribution in [0.25, 0.3) is 0 Å². The lowest BCUT2D eigenvalue weighted by Crippen LogP contribution is -2.25. The molecule has 2 aliphatic carbocycles. The number of hydrogen-bond donors (Lipinski definition) is 0. The van der Waals surface area contributed by atoms with Gasteiger partial charge in [-0.15, -0.1) is 0 Å². The van der Waals surface area contributed by atoms with Crippen molar-refractivity contribution >= 4 is 0 Å². The molecule has 2 fully saturated rings. The standard InChI is InChI=1S/C23H36O/c1-3-4-19-7-9-20(10-8-19)17-24-23-15-13-22(14-16-23)21-11-5-18(2)6-12-21/h5-6,11-12,19-20,22-23H,3-4,7-10,13-17H2,1-2H3. The van der Waals surface area contributed by atoms with Crippen molar-refractivity contribution in [1.29, 1.82) is 0 Å². The number of rotatable bonds is 6. The lowest BCUT2D eigenvalue weighted by Gasteiger charge is -2.32. The molecule has 2 aliphatic rings. The molecule has 0 aliphatic heterocycles. The van der Waals surface area contributed by atoms with E-state index in [0.717, 1.165) is 24.4 Å². The Morgan fingerprint density at radius 1 is 0.833 bits per heavy atom. The third kappa shape index (κ3) is 5.09. The van der Waals surface area contributed by atoms with Crippen molar-refractivity contribution < 1.29 is 4.74 Å². The summed E-state index contributed by atoms with van der Waals surface area (Å²) in [5.74, 6) is 2.61. The van der Waals surface area contributed by atoms with Crippen LogP contribution in [-0.4, -0.2) is 12.7 Å². The molecule has 0 heterocycles. The zero-order chi connectivity index (χ0) is 16.8. The fourth-order valence-electron chi connectivity index (χ4n) is 4.77. The average Bonchev–Trinajstić information content (AvgIpc) is 2.63. The Balaban J connectivity index is 1.35. The second kappa shape index (κ2) is 9.04. The number of benzene rings is 1. The van der Waals surface area contributed by atoms with Crippen molar-refractivity contribution in [2.24, 2.45) is 11.8 Å². The van der Waals surface area contributed by atoms with Gasteiger partial charge in [-0.2, -0.15) is 0 Å². The minimum absolute atomic E-state index is 0.528. The summed E-state index contributed by atoms with van der Waals surface area (Å²) in [6.07, 6.45) is 14.1. The first-order chi connectivity index (χ1) is 11.7. The topological polar surface area (TPSA) is 9.23 Å². The molecular weight excluding hydrogens is 292 g/mol. The quantitative estimate of drug-likeness (QED) is 0.568. The van der Waals surface area contributed by atoms with Crippen molar-refractivity contribution in [3.8, 4) is 0 Å². The zero-order valence-corrected chi connectivity index (χ0v) is 15.8. The first-order valence-electron chi connectivity index (χ1n) is 10.4. The summed E-state index contributed by atoms with van der Waals surface area (Å²) >= 11 is 0. The van der Waals surface area contributed by atoms with Gasteiger partial charge in [-0.1, -0.05) is 62.4 Å². The molecule has 0 N–H and O–H groups in total. The van der Waals surface area contributed by atoms with Crippen LogP contribution < -0.4 is 0 Å². The third-order valence-corrected chi connectivity index (χ3v) is 6.45. The molecule has 0 aromatic heterocycles. The first kappa shape index (κ1) is 18.0. The second-order valence-electron chi connectivity index (χ2n) is 8.39. The Morgan fingerprint density at radius 3 is 2.08 bits per heavy atom. The van der Waals surface area contributed by atoms with E-state index in [9.17, 15) is 0 Å². The molecule has 2 saturated carbocycles.